The van der Waals surface area contributed by atoms with Crippen molar-refractivity contribution >= 4 is 57.1 Å². The molecule has 0 radical (unpaired) electrons. The molecular formula is C16H16ClIN6S. The van der Waals surface area contributed by atoms with E-state index in [0.29, 0.717) is 4.47 Å². The summed E-state index contributed by atoms with van der Waals surface area (Å²) in [6, 6.07) is -0.00801. The standard InChI is InChI=1S/C16H16ClIN6S/c17-14-22-11-10(25-14)7-16(12(11)19)1-4-23(5-2-16)15-21-8-9(18)13-20-3-6-24(13)15/h3,6,8,12H,1-2,4-5,7,19H2/t12-/m1/s1. The molecule has 25 heavy (non-hydrogen) atoms. The van der Waals surface area contributed by atoms with E-state index in [0.717, 1.165) is 53.2 Å². The van der Waals surface area contributed by atoms with Crippen molar-refractivity contribution in [2.75, 3.05) is 18.0 Å². The van der Waals surface area contributed by atoms with Crippen LogP contribution < -0.4 is 10.6 Å². The third-order valence-electron chi connectivity index (χ3n) is 5.57. The Labute approximate surface area is 167 Å². The minimum atomic E-state index is -0.00801. The number of nitrogens with two attached hydrogens (primary N) is 1. The van der Waals surface area contributed by atoms with Gasteiger partial charge in [0.15, 0.2) is 10.1 Å². The van der Waals surface area contributed by atoms with Crippen molar-refractivity contribution in [3.63, 3.8) is 0 Å². The maximum Gasteiger partial charge on any atom is 0.211 e. The fourth-order valence-electron chi connectivity index (χ4n) is 4.17. The van der Waals surface area contributed by atoms with Crippen LogP contribution in [-0.2, 0) is 6.42 Å². The second kappa shape index (κ2) is 5.77. The molecule has 1 fully saturated rings. The molecule has 1 atom stereocenters. The highest BCUT2D eigenvalue weighted by Gasteiger charge is 2.48. The molecule has 4 heterocycles. The van der Waals surface area contributed by atoms with E-state index in [1.807, 2.05) is 18.6 Å². The van der Waals surface area contributed by atoms with Crippen LogP contribution in [0.2, 0.25) is 4.47 Å². The summed E-state index contributed by atoms with van der Waals surface area (Å²) in [6.07, 6.45) is 8.79. The smallest absolute Gasteiger partial charge is 0.211 e. The second-order valence-corrected chi connectivity index (χ2v) is 9.63. The molecule has 3 aromatic heterocycles. The average Bonchev–Trinajstić information content (AvgIpc) is 3.27. The topological polar surface area (TPSA) is 72.3 Å². The fraction of sp³-hybridized carbons (Fsp3) is 0.438. The molecule has 1 aliphatic heterocycles. The molecule has 2 N–H and O–H groups in total. The Hall–Kier alpha value is -0.970. The van der Waals surface area contributed by atoms with Crippen molar-refractivity contribution in [1.29, 1.82) is 0 Å². The summed E-state index contributed by atoms with van der Waals surface area (Å²) in [6.45, 7) is 1.88. The Balaban J connectivity index is 1.41. The second-order valence-electron chi connectivity index (χ2n) is 6.81. The van der Waals surface area contributed by atoms with Crippen molar-refractivity contribution in [3.05, 3.63) is 37.2 Å². The van der Waals surface area contributed by atoms with E-state index in [9.17, 15) is 0 Å². The van der Waals surface area contributed by atoms with Crippen molar-refractivity contribution in [2.45, 2.75) is 25.3 Å². The van der Waals surface area contributed by atoms with Gasteiger partial charge in [-0.3, -0.25) is 4.40 Å². The summed E-state index contributed by atoms with van der Waals surface area (Å²) < 4.78 is 3.75. The van der Waals surface area contributed by atoms with Gasteiger partial charge in [0.25, 0.3) is 0 Å². The molecule has 0 aromatic carbocycles. The van der Waals surface area contributed by atoms with Crippen LogP contribution >= 0.6 is 45.5 Å². The van der Waals surface area contributed by atoms with E-state index < -0.39 is 0 Å². The Morgan fingerprint density at radius 1 is 1.32 bits per heavy atom. The first-order chi connectivity index (χ1) is 12.1. The van der Waals surface area contributed by atoms with Gasteiger partial charge in [-0.05, 0) is 47.3 Å². The minimum absolute atomic E-state index is 0.00801. The number of halogens is 2. The van der Waals surface area contributed by atoms with E-state index in [1.54, 1.807) is 11.3 Å². The number of fused-ring (bicyclic) bond motifs is 2. The van der Waals surface area contributed by atoms with Crippen LogP contribution in [0.4, 0.5) is 5.95 Å². The third kappa shape index (κ3) is 2.41. The Morgan fingerprint density at radius 2 is 2.12 bits per heavy atom. The number of hydrogen-bond donors (Lipinski definition) is 1. The predicted octanol–water partition coefficient (Wildman–Crippen LogP) is 3.29. The molecule has 2 aliphatic rings. The molecular weight excluding hydrogens is 471 g/mol. The van der Waals surface area contributed by atoms with Crippen LogP contribution in [0, 0.1) is 8.99 Å². The normalized spacial score (nSPS) is 22.0. The lowest BCUT2D eigenvalue weighted by Crippen LogP contribution is -2.45. The average molecular weight is 487 g/mol. The van der Waals surface area contributed by atoms with Crippen LogP contribution in [-0.4, -0.2) is 32.4 Å². The molecule has 0 saturated carbocycles. The fourth-order valence-corrected chi connectivity index (χ4v) is 6.07. The summed E-state index contributed by atoms with van der Waals surface area (Å²) in [4.78, 5) is 17.2. The maximum atomic E-state index is 6.58. The molecule has 5 rings (SSSR count). The summed E-state index contributed by atoms with van der Waals surface area (Å²) >= 11 is 9.92. The zero-order chi connectivity index (χ0) is 17.2. The highest BCUT2D eigenvalue weighted by Crippen LogP contribution is 2.52. The van der Waals surface area contributed by atoms with E-state index in [4.69, 9.17) is 17.3 Å². The first-order valence-electron chi connectivity index (χ1n) is 8.21. The Bertz CT molecular complexity index is 961. The minimum Gasteiger partial charge on any atom is -0.342 e. The van der Waals surface area contributed by atoms with Gasteiger partial charge in [0.2, 0.25) is 5.95 Å². The molecule has 0 unspecified atom stereocenters. The summed E-state index contributed by atoms with van der Waals surface area (Å²) in [7, 11) is 0. The predicted molar refractivity (Wildman–Crippen MR) is 107 cm³/mol. The van der Waals surface area contributed by atoms with E-state index in [-0.39, 0.29) is 11.5 Å². The number of imidazole rings is 1. The van der Waals surface area contributed by atoms with Crippen LogP contribution in [0.5, 0.6) is 0 Å². The zero-order valence-electron chi connectivity index (χ0n) is 13.3. The lowest BCUT2D eigenvalue weighted by molar-refractivity contribution is 0.185. The number of anilines is 1. The van der Waals surface area contributed by atoms with Crippen molar-refractivity contribution < 1.29 is 0 Å². The van der Waals surface area contributed by atoms with Crippen LogP contribution in [0.3, 0.4) is 0 Å². The van der Waals surface area contributed by atoms with Crippen LogP contribution in [0.25, 0.3) is 5.65 Å². The molecule has 1 spiro atoms. The first kappa shape index (κ1) is 16.2. The van der Waals surface area contributed by atoms with Gasteiger partial charge in [-0.2, -0.15) is 0 Å². The van der Waals surface area contributed by atoms with Gasteiger partial charge in [0.05, 0.1) is 15.3 Å². The van der Waals surface area contributed by atoms with Gasteiger partial charge in [-0.25, -0.2) is 15.0 Å². The maximum absolute atomic E-state index is 6.58. The summed E-state index contributed by atoms with van der Waals surface area (Å²) in [5, 5.41) is 0. The molecule has 1 saturated heterocycles. The van der Waals surface area contributed by atoms with Crippen LogP contribution in [0.15, 0.2) is 18.6 Å². The number of nitrogens with zero attached hydrogens (tertiary/aromatic N) is 5. The molecule has 6 nitrogen and oxygen atoms in total. The molecule has 1 aliphatic carbocycles. The quantitative estimate of drug-likeness (QED) is 0.535. The Kier molecular flexibility index (Phi) is 3.74. The van der Waals surface area contributed by atoms with Crippen molar-refractivity contribution in [3.8, 4) is 0 Å². The highest BCUT2D eigenvalue weighted by molar-refractivity contribution is 14.1. The van der Waals surface area contributed by atoms with Gasteiger partial charge in [-0.1, -0.05) is 11.6 Å². The molecule has 0 bridgehead atoms. The number of hydrogen-bond acceptors (Lipinski definition) is 6. The van der Waals surface area contributed by atoms with Gasteiger partial charge < -0.3 is 10.6 Å². The lowest BCUT2D eigenvalue weighted by Gasteiger charge is -2.42. The van der Waals surface area contributed by atoms with E-state index in [2.05, 4.69) is 46.8 Å². The van der Waals surface area contributed by atoms with Gasteiger partial charge in [0, 0.05) is 36.6 Å². The molecule has 9 heteroatoms. The summed E-state index contributed by atoms with van der Waals surface area (Å²) in [5.41, 5.74) is 8.68. The Morgan fingerprint density at radius 3 is 2.88 bits per heavy atom. The number of aromatic nitrogens is 4. The van der Waals surface area contributed by atoms with Crippen molar-refractivity contribution in [1.82, 2.24) is 19.4 Å². The first-order valence-corrected chi connectivity index (χ1v) is 10.5. The van der Waals surface area contributed by atoms with Crippen molar-refractivity contribution in [2.24, 2.45) is 11.1 Å². The largest absolute Gasteiger partial charge is 0.342 e. The molecule has 130 valence electrons. The highest BCUT2D eigenvalue weighted by atomic mass is 127. The molecule has 0 amide bonds. The van der Waals surface area contributed by atoms with Crippen LogP contribution in [0.1, 0.15) is 29.5 Å². The lowest BCUT2D eigenvalue weighted by atomic mass is 9.74. The van der Waals surface area contributed by atoms with E-state index in [1.165, 1.54) is 4.88 Å². The number of rotatable bonds is 1. The van der Waals surface area contributed by atoms with Gasteiger partial charge in [0.1, 0.15) is 0 Å². The number of thiazole rings is 1. The summed E-state index contributed by atoms with van der Waals surface area (Å²) in [5.74, 6) is 0.963. The SMILES string of the molecule is N[C@@H]1c2nc(Cl)sc2CC12CCN(c1ncc(I)c3nccn13)CC2. The third-order valence-corrected chi connectivity index (χ3v) is 7.51. The number of piperidine rings is 1. The van der Waals surface area contributed by atoms with E-state index >= 15 is 0 Å². The van der Waals surface area contributed by atoms with Gasteiger partial charge >= 0.3 is 0 Å². The zero-order valence-corrected chi connectivity index (χ0v) is 17.1. The monoisotopic (exact) mass is 486 g/mol. The molecule has 3 aromatic rings. The van der Waals surface area contributed by atoms with Gasteiger partial charge in [-0.15, -0.1) is 11.3 Å².